The minimum Gasteiger partial charge on any atom is -0.358 e. The zero-order valence-electron chi connectivity index (χ0n) is 17.2. The smallest absolute Gasteiger partial charge is 0.261 e. The van der Waals surface area contributed by atoms with Crippen molar-refractivity contribution in [2.45, 2.75) is 24.4 Å². The number of nitrogens with zero attached hydrogens (tertiary/aromatic N) is 1. The summed E-state index contributed by atoms with van der Waals surface area (Å²) in [5.41, 5.74) is 4.68. The number of nitrogens with one attached hydrogen (secondary N) is 2. The predicted octanol–water partition coefficient (Wildman–Crippen LogP) is 5.09. The summed E-state index contributed by atoms with van der Waals surface area (Å²) in [6, 6.07) is 20.9. The molecule has 0 saturated heterocycles. The third kappa shape index (κ3) is 4.50. The normalized spacial score (nSPS) is 14.0. The van der Waals surface area contributed by atoms with Crippen molar-refractivity contribution in [2.75, 3.05) is 11.3 Å². The van der Waals surface area contributed by atoms with Crippen LogP contribution in [0.2, 0.25) is 0 Å². The van der Waals surface area contributed by atoms with Crippen LogP contribution in [0.3, 0.4) is 0 Å². The molecule has 1 aliphatic rings. The Hall–Kier alpha value is -2.87. The van der Waals surface area contributed by atoms with Gasteiger partial charge in [0.2, 0.25) is 0 Å². The molecule has 4 aromatic rings. The highest BCUT2D eigenvalue weighted by Crippen LogP contribution is 2.30. The Morgan fingerprint density at radius 3 is 2.59 bits per heavy atom. The van der Waals surface area contributed by atoms with Crippen molar-refractivity contribution in [3.05, 3.63) is 95.4 Å². The van der Waals surface area contributed by atoms with E-state index in [0.29, 0.717) is 0 Å². The minimum absolute atomic E-state index is 0. The molecule has 5 rings (SSSR count). The Balaban J connectivity index is 0.00000245. The van der Waals surface area contributed by atoms with Crippen molar-refractivity contribution < 1.29 is 12.8 Å². The first-order valence-corrected chi connectivity index (χ1v) is 11.6. The van der Waals surface area contributed by atoms with Gasteiger partial charge in [0.1, 0.15) is 5.82 Å². The predicted molar refractivity (Wildman–Crippen MR) is 127 cm³/mol. The van der Waals surface area contributed by atoms with Gasteiger partial charge in [-0.05, 0) is 47.5 Å². The number of aromatic nitrogens is 1. The fourth-order valence-corrected chi connectivity index (χ4v) is 5.23. The molecule has 1 aliphatic heterocycles. The maximum Gasteiger partial charge on any atom is 0.261 e. The number of hydrogen-bond acceptors (Lipinski definition) is 3. The fourth-order valence-electron chi connectivity index (χ4n) is 4.16. The molecule has 8 heteroatoms. The molecule has 1 aromatic heterocycles. The zero-order valence-corrected chi connectivity index (χ0v) is 18.8. The van der Waals surface area contributed by atoms with E-state index in [0.717, 1.165) is 54.3 Å². The number of rotatable bonds is 5. The molecule has 0 spiro atoms. The second-order valence-electron chi connectivity index (χ2n) is 7.85. The van der Waals surface area contributed by atoms with Crippen molar-refractivity contribution in [1.29, 1.82) is 0 Å². The molecule has 0 saturated carbocycles. The number of anilines is 1. The maximum absolute atomic E-state index is 13.4. The first-order chi connectivity index (χ1) is 15.0. The molecular formula is C24H23ClFN3O2S. The largest absolute Gasteiger partial charge is 0.358 e. The lowest BCUT2D eigenvalue weighted by atomic mass is 10.0. The summed E-state index contributed by atoms with van der Waals surface area (Å²) >= 11 is 0. The van der Waals surface area contributed by atoms with Crippen LogP contribution in [-0.2, 0) is 29.5 Å². The summed E-state index contributed by atoms with van der Waals surface area (Å²) in [5, 5.41) is 0.912. The molecule has 0 bridgehead atoms. The molecule has 0 fully saturated rings. The molecule has 3 aromatic carbocycles. The Bertz CT molecular complexity index is 1360. The zero-order chi connectivity index (χ0) is 21.4. The molecule has 166 valence electrons. The second-order valence-corrected chi connectivity index (χ2v) is 9.53. The van der Waals surface area contributed by atoms with Gasteiger partial charge in [-0.3, -0.25) is 9.62 Å². The number of aromatic amines is 1. The van der Waals surface area contributed by atoms with E-state index in [4.69, 9.17) is 0 Å². The van der Waals surface area contributed by atoms with Crippen LogP contribution in [0.25, 0.3) is 10.9 Å². The van der Waals surface area contributed by atoms with E-state index >= 15 is 0 Å². The Morgan fingerprint density at radius 2 is 1.81 bits per heavy atom. The Kier molecular flexibility index (Phi) is 6.24. The van der Waals surface area contributed by atoms with E-state index in [9.17, 15) is 12.8 Å². The number of fused-ring (bicyclic) bond motifs is 3. The lowest BCUT2D eigenvalue weighted by Crippen LogP contribution is -2.29. The van der Waals surface area contributed by atoms with Gasteiger partial charge in [0, 0.05) is 42.7 Å². The highest BCUT2D eigenvalue weighted by Gasteiger charge is 2.23. The quantitative estimate of drug-likeness (QED) is 0.426. The first-order valence-electron chi connectivity index (χ1n) is 10.2. The fraction of sp³-hybridized carbons (Fsp3) is 0.167. The number of halogens is 2. The Labute approximate surface area is 192 Å². The van der Waals surface area contributed by atoms with Crippen molar-refractivity contribution >= 4 is 39.0 Å². The van der Waals surface area contributed by atoms with Crippen LogP contribution >= 0.6 is 12.4 Å². The molecule has 0 atom stereocenters. The average molecular weight is 472 g/mol. The van der Waals surface area contributed by atoms with Gasteiger partial charge < -0.3 is 4.98 Å². The van der Waals surface area contributed by atoms with Gasteiger partial charge in [-0.1, -0.05) is 36.4 Å². The van der Waals surface area contributed by atoms with E-state index in [2.05, 4.69) is 26.7 Å². The number of hydrogen-bond donors (Lipinski definition) is 2. The summed E-state index contributed by atoms with van der Waals surface area (Å²) in [5.74, 6) is -0.492. The van der Waals surface area contributed by atoms with E-state index in [1.54, 1.807) is 18.2 Å². The van der Waals surface area contributed by atoms with Gasteiger partial charge >= 0.3 is 0 Å². The Morgan fingerprint density at radius 1 is 1.00 bits per heavy atom. The standard InChI is InChI=1S/C24H22FN3O2S.ClH/c25-18-7-4-8-19(13-18)27-31(29,30)20-9-10-23-21(14-20)22-16-28(12-11-24(22)26-23)15-17-5-2-1-3-6-17;/h1-10,13-14,26-27H,11-12,15-16H2;1H. The summed E-state index contributed by atoms with van der Waals surface area (Å²) in [6.45, 7) is 2.55. The van der Waals surface area contributed by atoms with Crippen LogP contribution < -0.4 is 4.72 Å². The minimum atomic E-state index is -3.83. The number of sulfonamides is 1. The van der Waals surface area contributed by atoms with Gasteiger partial charge in [-0.15, -0.1) is 12.4 Å². The van der Waals surface area contributed by atoms with Gasteiger partial charge in [-0.2, -0.15) is 0 Å². The molecule has 2 N–H and O–H groups in total. The van der Waals surface area contributed by atoms with E-state index < -0.39 is 15.8 Å². The van der Waals surface area contributed by atoms with Crippen molar-refractivity contribution in [1.82, 2.24) is 9.88 Å². The summed E-state index contributed by atoms with van der Waals surface area (Å²) in [6.07, 6.45) is 0.889. The van der Waals surface area contributed by atoms with Gasteiger partial charge in [-0.25, -0.2) is 12.8 Å². The van der Waals surface area contributed by atoms with Gasteiger partial charge in [0.25, 0.3) is 10.0 Å². The van der Waals surface area contributed by atoms with Crippen LogP contribution in [0.15, 0.2) is 77.7 Å². The van der Waals surface area contributed by atoms with Crippen LogP contribution in [0, 0.1) is 5.82 Å². The second kappa shape index (κ2) is 8.94. The van der Waals surface area contributed by atoms with E-state index in [1.165, 1.54) is 23.8 Å². The molecular weight excluding hydrogens is 449 g/mol. The third-order valence-corrected chi connectivity index (χ3v) is 7.04. The van der Waals surface area contributed by atoms with Crippen molar-refractivity contribution in [2.24, 2.45) is 0 Å². The lowest BCUT2D eigenvalue weighted by molar-refractivity contribution is 0.245. The van der Waals surface area contributed by atoms with Crippen LogP contribution in [0.5, 0.6) is 0 Å². The average Bonchev–Trinajstić information content (AvgIpc) is 3.11. The molecule has 0 aliphatic carbocycles. The van der Waals surface area contributed by atoms with Crippen molar-refractivity contribution in [3.8, 4) is 0 Å². The third-order valence-electron chi connectivity index (χ3n) is 5.66. The molecule has 0 amide bonds. The SMILES string of the molecule is Cl.O=S(=O)(Nc1cccc(F)c1)c1ccc2[nH]c3c(c2c1)CN(Cc1ccccc1)CC3. The van der Waals surface area contributed by atoms with E-state index in [1.807, 2.05) is 18.2 Å². The molecule has 5 nitrogen and oxygen atoms in total. The molecule has 2 heterocycles. The number of benzene rings is 3. The summed E-state index contributed by atoms with van der Waals surface area (Å²) in [4.78, 5) is 5.98. The highest BCUT2D eigenvalue weighted by molar-refractivity contribution is 7.92. The van der Waals surface area contributed by atoms with Crippen LogP contribution in [-0.4, -0.2) is 24.8 Å². The molecule has 0 radical (unpaired) electrons. The lowest BCUT2D eigenvalue weighted by Gasteiger charge is -2.27. The maximum atomic E-state index is 13.4. The summed E-state index contributed by atoms with van der Waals surface area (Å²) < 4.78 is 41.7. The van der Waals surface area contributed by atoms with Crippen molar-refractivity contribution in [3.63, 3.8) is 0 Å². The highest BCUT2D eigenvalue weighted by atomic mass is 35.5. The van der Waals surface area contributed by atoms with Gasteiger partial charge in [0.05, 0.1) is 10.6 Å². The van der Waals surface area contributed by atoms with E-state index in [-0.39, 0.29) is 23.0 Å². The molecule has 0 unspecified atom stereocenters. The summed E-state index contributed by atoms with van der Waals surface area (Å²) in [7, 11) is -3.83. The monoisotopic (exact) mass is 471 g/mol. The topological polar surface area (TPSA) is 65.2 Å². The first kappa shape index (κ1) is 22.3. The van der Waals surface area contributed by atoms with Crippen LogP contribution in [0.4, 0.5) is 10.1 Å². The molecule has 32 heavy (non-hydrogen) atoms. The number of H-pyrrole nitrogens is 1. The van der Waals surface area contributed by atoms with Gasteiger partial charge in [0.15, 0.2) is 0 Å². The van der Waals surface area contributed by atoms with Crippen LogP contribution in [0.1, 0.15) is 16.8 Å².